The van der Waals surface area contributed by atoms with E-state index in [1.807, 2.05) is 31.2 Å². The SMILES string of the molecule is CCNC(=NCc1cccc(OC)c1O)NCc1ccccc1C.I. The van der Waals surface area contributed by atoms with Gasteiger partial charge in [-0.25, -0.2) is 4.99 Å². The molecule has 0 bridgehead atoms. The number of hydrogen-bond acceptors (Lipinski definition) is 3. The Bertz CT molecular complexity index is 705. The van der Waals surface area contributed by atoms with Crippen molar-refractivity contribution in [2.75, 3.05) is 13.7 Å². The average Bonchev–Trinajstić information content (AvgIpc) is 2.59. The van der Waals surface area contributed by atoms with E-state index in [-0.39, 0.29) is 29.7 Å². The van der Waals surface area contributed by atoms with Crippen molar-refractivity contribution in [3.8, 4) is 11.5 Å². The van der Waals surface area contributed by atoms with Crippen molar-refractivity contribution in [2.45, 2.75) is 26.9 Å². The number of phenolic OH excluding ortho intramolecular Hbond substituents is 1. The van der Waals surface area contributed by atoms with Crippen LogP contribution in [-0.2, 0) is 13.1 Å². The first-order chi connectivity index (χ1) is 11.7. The van der Waals surface area contributed by atoms with Crippen LogP contribution in [0.25, 0.3) is 0 Å². The molecule has 2 aromatic rings. The van der Waals surface area contributed by atoms with Crippen LogP contribution in [0.15, 0.2) is 47.5 Å². The Morgan fingerprint density at radius 2 is 1.80 bits per heavy atom. The summed E-state index contributed by atoms with van der Waals surface area (Å²) in [6.07, 6.45) is 0. The number of methoxy groups -OCH3 is 1. The van der Waals surface area contributed by atoms with Gasteiger partial charge in [-0.2, -0.15) is 0 Å². The molecular formula is C19H26IN3O2. The van der Waals surface area contributed by atoms with Gasteiger partial charge in [-0.15, -0.1) is 24.0 Å². The third-order valence-corrected chi connectivity index (χ3v) is 3.76. The predicted molar refractivity (Wildman–Crippen MR) is 113 cm³/mol. The molecule has 0 aromatic heterocycles. The van der Waals surface area contributed by atoms with Gasteiger partial charge in [0.15, 0.2) is 17.5 Å². The summed E-state index contributed by atoms with van der Waals surface area (Å²) in [5.74, 6) is 1.31. The van der Waals surface area contributed by atoms with E-state index in [0.29, 0.717) is 24.8 Å². The number of nitrogens with zero attached hydrogens (tertiary/aromatic N) is 1. The molecule has 2 aromatic carbocycles. The summed E-state index contributed by atoms with van der Waals surface area (Å²) in [6.45, 7) is 5.95. The van der Waals surface area contributed by atoms with Crippen molar-refractivity contribution in [1.29, 1.82) is 0 Å². The average molecular weight is 455 g/mol. The number of nitrogens with one attached hydrogen (secondary N) is 2. The highest BCUT2D eigenvalue weighted by Crippen LogP contribution is 2.29. The Morgan fingerprint density at radius 3 is 2.48 bits per heavy atom. The predicted octanol–water partition coefficient (Wildman–Crippen LogP) is 3.58. The van der Waals surface area contributed by atoms with Gasteiger partial charge in [0, 0.05) is 18.7 Å². The van der Waals surface area contributed by atoms with E-state index in [0.717, 1.165) is 12.1 Å². The highest BCUT2D eigenvalue weighted by atomic mass is 127. The zero-order valence-electron chi connectivity index (χ0n) is 14.9. The van der Waals surface area contributed by atoms with Crippen LogP contribution in [0.3, 0.4) is 0 Å². The molecule has 0 saturated heterocycles. The quantitative estimate of drug-likeness (QED) is 0.354. The van der Waals surface area contributed by atoms with Gasteiger partial charge in [-0.05, 0) is 31.0 Å². The maximum absolute atomic E-state index is 10.1. The van der Waals surface area contributed by atoms with Crippen LogP contribution in [0.5, 0.6) is 11.5 Å². The number of aliphatic imine (C=N–C) groups is 1. The van der Waals surface area contributed by atoms with E-state index >= 15 is 0 Å². The molecule has 2 rings (SSSR count). The van der Waals surface area contributed by atoms with E-state index in [4.69, 9.17) is 4.74 Å². The largest absolute Gasteiger partial charge is 0.504 e. The van der Waals surface area contributed by atoms with E-state index in [9.17, 15) is 5.11 Å². The molecule has 0 amide bonds. The molecule has 0 radical (unpaired) electrons. The number of aromatic hydroxyl groups is 1. The van der Waals surface area contributed by atoms with Gasteiger partial charge in [-0.3, -0.25) is 0 Å². The Labute approximate surface area is 166 Å². The minimum Gasteiger partial charge on any atom is -0.504 e. The summed E-state index contributed by atoms with van der Waals surface area (Å²) in [4.78, 5) is 4.54. The maximum atomic E-state index is 10.1. The number of halogens is 1. The monoisotopic (exact) mass is 455 g/mol. The minimum atomic E-state index is 0. The number of hydrogen-bond donors (Lipinski definition) is 3. The second-order valence-corrected chi connectivity index (χ2v) is 5.44. The topological polar surface area (TPSA) is 65.9 Å². The third-order valence-electron chi connectivity index (χ3n) is 3.76. The molecule has 0 fully saturated rings. The molecule has 0 saturated carbocycles. The fourth-order valence-corrected chi connectivity index (χ4v) is 2.35. The van der Waals surface area contributed by atoms with E-state index in [1.165, 1.54) is 18.2 Å². The van der Waals surface area contributed by atoms with E-state index in [1.54, 1.807) is 6.07 Å². The molecule has 0 heterocycles. The highest BCUT2D eigenvalue weighted by Gasteiger charge is 2.07. The first-order valence-electron chi connectivity index (χ1n) is 8.07. The van der Waals surface area contributed by atoms with Crippen LogP contribution in [0, 0.1) is 6.92 Å². The Morgan fingerprint density at radius 1 is 1.08 bits per heavy atom. The van der Waals surface area contributed by atoms with Gasteiger partial charge < -0.3 is 20.5 Å². The second kappa shape index (κ2) is 10.8. The lowest BCUT2D eigenvalue weighted by Crippen LogP contribution is -2.36. The maximum Gasteiger partial charge on any atom is 0.191 e. The summed E-state index contributed by atoms with van der Waals surface area (Å²) >= 11 is 0. The van der Waals surface area contributed by atoms with Crippen LogP contribution < -0.4 is 15.4 Å². The van der Waals surface area contributed by atoms with Gasteiger partial charge in [0.2, 0.25) is 0 Å². The van der Waals surface area contributed by atoms with Gasteiger partial charge in [0.25, 0.3) is 0 Å². The van der Waals surface area contributed by atoms with Crippen LogP contribution in [0.2, 0.25) is 0 Å². The zero-order chi connectivity index (χ0) is 17.4. The molecule has 0 aliphatic heterocycles. The van der Waals surface area contributed by atoms with Crippen molar-refractivity contribution >= 4 is 29.9 Å². The van der Waals surface area contributed by atoms with Crippen molar-refractivity contribution in [3.05, 3.63) is 59.2 Å². The number of phenols is 1. The molecular weight excluding hydrogens is 429 g/mol. The number of aryl methyl sites for hydroxylation is 1. The minimum absolute atomic E-state index is 0. The summed E-state index contributed by atoms with van der Waals surface area (Å²) in [6, 6.07) is 13.7. The zero-order valence-corrected chi connectivity index (χ0v) is 17.2. The molecule has 136 valence electrons. The first-order valence-corrected chi connectivity index (χ1v) is 8.07. The Kier molecular flexibility index (Phi) is 9.12. The van der Waals surface area contributed by atoms with Gasteiger partial charge in [0.05, 0.1) is 13.7 Å². The standard InChI is InChI=1S/C19H25N3O2.HI/c1-4-20-19(21-12-15-9-6-5-8-14(15)2)22-13-16-10-7-11-17(24-3)18(16)23;/h5-11,23H,4,12-13H2,1-3H3,(H2,20,21,22);1H. The smallest absolute Gasteiger partial charge is 0.191 e. The summed E-state index contributed by atoms with van der Waals surface area (Å²) in [7, 11) is 1.54. The first kappa shape index (κ1) is 21.1. The number of benzene rings is 2. The fraction of sp³-hybridized carbons (Fsp3) is 0.316. The Balaban J connectivity index is 0.00000312. The molecule has 0 aliphatic carbocycles. The molecule has 0 unspecified atom stereocenters. The Hall–Kier alpha value is -1.96. The van der Waals surface area contributed by atoms with Gasteiger partial charge >= 0.3 is 0 Å². The van der Waals surface area contributed by atoms with Gasteiger partial charge in [0.1, 0.15) is 0 Å². The molecule has 0 atom stereocenters. The number of ether oxygens (including phenoxy) is 1. The number of para-hydroxylation sites is 1. The summed E-state index contributed by atoms with van der Waals surface area (Å²) < 4.78 is 5.13. The molecule has 6 heteroatoms. The summed E-state index contributed by atoms with van der Waals surface area (Å²) in [5, 5.41) is 16.7. The van der Waals surface area contributed by atoms with Crippen LogP contribution >= 0.6 is 24.0 Å². The fourth-order valence-electron chi connectivity index (χ4n) is 2.35. The van der Waals surface area contributed by atoms with Crippen LogP contribution in [0.1, 0.15) is 23.6 Å². The molecule has 25 heavy (non-hydrogen) atoms. The van der Waals surface area contributed by atoms with Crippen molar-refractivity contribution in [1.82, 2.24) is 10.6 Å². The highest BCUT2D eigenvalue weighted by molar-refractivity contribution is 14.0. The van der Waals surface area contributed by atoms with Crippen molar-refractivity contribution in [3.63, 3.8) is 0 Å². The van der Waals surface area contributed by atoms with Crippen molar-refractivity contribution in [2.24, 2.45) is 4.99 Å². The molecule has 0 spiro atoms. The third kappa shape index (κ3) is 6.12. The normalized spacial score (nSPS) is 10.8. The molecule has 3 N–H and O–H groups in total. The van der Waals surface area contributed by atoms with Gasteiger partial charge in [-0.1, -0.05) is 36.4 Å². The lowest BCUT2D eigenvalue weighted by molar-refractivity contribution is 0.370. The van der Waals surface area contributed by atoms with E-state index < -0.39 is 0 Å². The lowest BCUT2D eigenvalue weighted by atomic mass is 10.1. The number of rotatable bonds is 6. The van der Waals surface area contributed by atoms with Crippen LogP contribution in [-0.4, -0.2) is 24.7 Å². The van der Waals surface area contributed by atoms with Crippen LogP contribution in [0.4, 0.5) is 0 Å². The molecule has 0 aliphatic rings. The van der Waals surface area contributed by atoms with E-state index in [2.05, 4.69) is 34.7 Å². The summed E-state index contributed by atoms with van der Waals surface area (Å²) in [5.41, 5.74) is 3.20. The lowest BCUT2D eigenvalue weighted by Gasteiger charge is -2.13. The second-order valence-electron chi connectivity index (χ2n) is 5.44. The molecule has 5 nitrogen and oxygen atoms in total. The van der Waals surface area contributed by atoms with Crippen molar-refractivity contribution < 1.29 is 9.84 Å². The number of guanidine groups is 1.